The number of para-hydroxylation sites is 1. The Hall–Kier alpha value is -0.670. The molecular weight excluding hydrogens is 321 g/mol. The van der Waals surface area contributed by atoms with Gasteiger partial charge >= 0.3 is 0 Å². The smallest absolute Gasteiger partial charge is 0.153 e. The number of rotatable bonds is 2. The maximum absolute atomic E-state index is 10.9. The second kappa shape index (κ2) is 4.90. The van der Waals surface area contributed by atoms with E-state index in [0.717, 1.165) is 16.9 Å². The lowest BCUT2D eigenvalue weighted by molar-refractivity contribution is -0.107. The number of hydrogen-bond donors (Lipinski definition) is 0. The second-order valence-corrected chi connectivity index (χ2v) is 4.71. The van der Waals surface area contributed by atoms with Gasteiger partial charge in [-0.15, -0.1) is 0 Å². The van der Waals surface area contributed by atoms with Crippen LogP contribution in [0.4, 0.5) is 5.69 Å². The lowest BCUT2D eigenvalue weighted by atomic mass is 10.3. The first-order valence-electron chi connectivity index (χ1n) is 4.43. The van der Waals surface area contributed by atoms with Gasteiger partial charge in [-0.3, -0.25) is 0 Å². The molecule has 0 spiro atoms. The molecule has 1 atom stereocenters. The molecule has 0 aliphatic carbocycles. The van der Waals surface area contributed by atoms with Crippen molar-refractivity contribution in [2.24, 2.45) is 0 Å². The van der Waals surface area contributed by atoms with E-state index in [1.165, 1.54) is 0 Å². The van der Waals surface area contributed by atoms with Crippen molar-refractivity contribution in [3.8, 4) is 9.85 Å². The minimum Gasteiger partial charge on any atom is -0.341 e. The highest BCUT2D eigenvalue weighted by Gasteiger charge is 2.28. The zero-order valence-corrected chi connectivity index (χ0v) is 10.8. The van der Waals surface area contributed by atoms with Gasteiger partial charge < -0.3 is 9.69 Å². The molecule has 4 heteroatoms. The zero-order chi connectivity index (χ0) is 10.7. The molecule has 1 aliphatic rings. The quantitative estimate of drug-likeness (QED) is 0.472. The first-order chi connectivity index (χ1) is 7.36. The normalized spacial score (nSPS) is 17.9. The molecule has 1 unspecified atom stereocenters. The zero-order valence-electron chi connectivity index (χ0n) is 7.81. The van der Waals surface area contributed by atoms with E-state index >= 15 is 0 Å². The van der Waals surface area contributed by atoms with Gasteiger partial charge in [-0.1, -0.05) is 29.8 Å². The lowest BCUT2D eigenvalue weighted by Gasteiger charge is -2.19. The van der Waals surface area contributed by atoms with Crippen LogP contribution in [0.3, 0.4) is 0 Å². The number of fused-ring (bicyclic) bond motifs is 1. The van der Waals surface area contributed by atoms with Crippen LogP contribution in [0.25, 0.3) is 0 Å². The summed E-state index contributed by atoms with van der Waals surface area (Å²) >= 11 is 3.59. The number of halogens is 1. The third kappa shape index (κ3) is 2.13. The monoisotopic (exact) mass is 329 g/mol. The second-order valence-electron chi connectivity index (χ2n) is 3.01. The molecule has 0 N–H and O–H groups in total. The maximum atomic E-state index is 10.9. The molecule has 0 bridgehead atoms. The number of hydrogen-bond acceptors (Lipinski definition) is 3. The van der Waals surface area contributed by atoms with Gasteiger partial charge in [0, 0.05) is 27.5 Å². The van der Waals surface area contributed by atoms with Crippen molar-refractivity contribution < 1.29 is 4.79 Å². The van der Waals surface area contributed by atoms with Crippen molar-refractivity contribution in [1.82, 2.24) is 0 Å². The fourth-order valence-corrected chi connectivity index (χ4v) is 2.78. The van der Waals surface area contributed by atoms with Gasteiger partial charge in [-0.2, -0.15) is 0 Å². The molecule has 2 rings (SSSR count). The van der Waals surface area contributed by atoms with E-state index in [0.29, 0.717) is 6.54 Å². The Labute approximate surface area is 107 Å². The minimum atomic E-state index is -0.125. The fourth-order valence-electron chi connectivity index (χ4n) is 1.52. The predicted octanol–water partition coefficient (Wildman–Crippen LogP) is 2.52. The van der Waals surface area contributed by atoms with Crippen molar-refractivity contribution in [1.29, 1.82) is 0 Å². The summed E-state index contributed by atoms with van der Waals surface area (Å²) in [5.41, 5.74) is 1.11. The first kappa shape index (κ1) is 10.8. The van der Waals surface area contributed by atoms with E-state index in [9.17, 15) is 4.79 Å². The van der Waals surface area contributed by atoms with E-state index < -0.39 is 0 Å². The molecule has 0 fully saturated rings. The van der Waals surface area contributed by atoms with Crippen molar-refractivity contribution in [3.05, 3.63) is 24.3 Å². The lowest BCUT2D eigenvalue weighted by Crippen LogP contribution is -2.30. The summed E-state index contributed by atoms with van der Waals surface area (Å²) in [6.07, 6.45) is 0.972. The van der Waals surface area contributed by atoms with Crippen LogP contribution in [-0.4, -0.2) is 18.2 Å². The van der Waals surface area contributed by atoms with Crippen LogP contribution in [0.5, 0.6) is 0 Å². The van der Waals surface area contributed by atoms with Gasteiger partial charge in [0.1, 0.15) is 5.37 Å². The molecule has 76 valence electrons. The highest BCUT2D eigenvalue weighted by atomic mass is 127. The average Bonchev–Trinajstić information content (AvgIpc) is 2.64. The summed E-state index contributed by atoms with van der Waals surface area (Å²) in [5, 5.41) is -0.125. The molecule has 2 nitrogen and oxygen atoms in total. The largest absolute Gasteiger partial charge is 0.341 e. The number of carbonyl (C=O) groups excluding carboxylic acids is 1. The molecule has 1 heterocycles. The van der Waals surface area contributed by atoms with Gasteiger partial charge in [0.05, 0.1) is 12.2 Å². The highest BCUT2D eigenvalue weighted by molar-refractivity contribution is 14.1. The van der Waals surface area contributed by atoms with E-state index in [2.05, 4.69) is 9.85 Å². The highest BCUT2D eigenvalue weighted by Crippen LogP contribution is 2.41. The van der Waals surface area contributed by atoms with Gasteiger partial charge in [-0.25, -0.2) is 0 Å². The molecule has 0 amide bonds. The summed E-state index contributed by atoms with van der Waals surface area (Å²) in [6.45, 7) is 0.607. The molecule has 0 aromatic heterocycles. The predicted molar refractivity (Wildman–Crippen MR) is 71.3 cm³/mol. The molecule has 0 radical (unpaired) electrons. The van der Waals surface area contributed by atoms with Crippen molar-refractivity contribution in [3.63, 3.8) is 0 Å². The summed E-state index contributed by atoms with van der Waals surface area (Å²) in [4.78, 5) is 14.1. The standard InChI is InChI=1S/C11H8INOS/c12-6-3-7-13-9-4-1-2-5-10(9)15-11(13)8-14/h1-2,4-5,8,11H,7H2. The van der Waals surface area contributed by atoms with Gasteiger partial charge in [-0.05, 0) is 16.1 Å². The van der Waals surface area contributed by atoms with Crippen LogP contribution in [0.1, 0.15) is 0 Å². The number of carbonyl (C=O) groups is 1. The topological polar surface area (TPSA) is 20.3 Å². The molecule has 0 saturated heterocycles. The van der Waals surface area contributed by atoms with E-state index in [1.54, 1.807) is 11.8 Å². The van der Waals surface area contributed by atoms with Crippen LogP contribution in [-0.2, 0) is 4.79 Å². The van der Waals surface area contributed by atoms with E-state index in [4.69, 9.17) is 0 Å². The Kier molecular flexibility index (Phi) is 3.54. The third-order valence-electron chi connectivity index (χ3n) is 2.16. The number of thioether (sulfide) groups is 1. The molecule has 1 aliphatic heterocycles. The van der Waals surface area contributed by atoms with Gasteiger partial charge in [0.15, 0.2) is 6.29 Å². The van der Waals surface area contributed by atoms with Crippen molar-refractivity contribution >= 4 is 46.3 Å². The maximum Gasteiger partial charge on any atom is 0.153 e. The SMILES string of the molecule is O=CC1Sc2ccccc2N1CC#CI. The number of anilines is 1. The van der Waals surface area contributed by atoms with E-state index in [1.807, 2.05) is 51.8 Å². The van der Waals surface area contributed by atoms with Crippen LogP contribution < -0.4 is 4.90 Å². The van der Waals surface area contributed by atoms with Crippen LogP contribution in [0.15, 0.2) is 29.2 Å². The minimum absolute atomic E-state index is 0.125. The van der Waals surface area contributed by atoms with Crippen LogP contribution in [0, 0.1) is 9.85 Å². The Morgan fingerprint density at radius 1 is 1.53 bits per heavy atom. The molecule has 0 saturated carbocycles. The van der Waals surface area contributed by atoms with Crippen LogP contribution in [0.2, 0.25) is 0 Å². The van der Waals surface area contributed by atoms with Gasteiger partial charge in [0.25, 0.3) is 0 Å². The number of benzene rings is 1. The van der Waals surface area contributed by atoms with Crippen molar-refractivity contribution in [2.75, 3.05) is 11.4 Å². The summed E-state index contributed by atoms with van der Waals surface area (Å²) < 4.78 is 2.82. The fraction of sp³-hybridized carbons (Fsp3) is 0.182. The number of nitrogens with zero attached hydrogens (tertiary/aromatic N) is 1. The summed E-state index contributed by atoms with van der Waals surface area (Å²) in [6, 6.07) is 8.03. The number of aldehydes is 1. The van der Waals surface area contributed by atoms with E-state index in [-0.39, 0.29) is 5.37 Å². The molecular formula is C11H8INOS. The summed E-state index contributed by atoms with van der Waals surface area (Å²) in [7, 11) is 0. The Morgan fingerprint density at radius 3 is 3.07 bits per heavy atom. The molecule has 15 heavy (non-hydrogen) atoms. The Balaban J connectivity index is 2.32. The summed E-state index contributed by atoms with van der Waals surface area (Å²) in [5.74, 6) is 2.99. The first-order valence-corrected chi connectivity index (χ1v) is 6.39. The Morgan fingerprint density at radius 2 is 2.33 bits per heavy atom. The van der Waals surface area contributed by atoms with Crippen molar-refractivity contribution in [2.45, 2.75) is 10.3 Å². The average molecular weight is 329 g/mol. The van der Waals surface area contributed by atoms with Gasteiger partial charge in [0.2, 0.25) is 0 Å². The third-order valence-corrected chi connectivity index (χ3v) is 3.75. The molecule has 1 aromatic carbocycles. The molecule has 1 aromatic rings. The Bertz CT molecular complexity index is 438. The van der Waals surface area contributed by atoms with Crippen LogP contribution >= 0.6 is 34.4 Å².